The van der Waals surface area contributed by atoms with Crippen molar-refractivity contribution in [3.8, 4) is 5.88 Å². The van der Waals surface area contributed by atoms with Gasteiger partial charge in [0.1, 0.15) is 0 Å². The van der Waals surface area contributed by atoms with E-state index < -0.39 is 10.8 Å². The van der Waals surface area contributed by atoms with Gasteiger partial charge in [0, 0.05) is 29.2 Å². The molecule has 5 heteroatoms. The van der Waals surface area contributed by atoms with E-state index in [1.807, 2.05) is 12.1 Å². The number of rotatable bonds is 5. The molecule has 0 aromatic carbocycles. The summed E-state index contributed by atoms with van der Waals surface area (Å²) < 4.78 is 16.3. The zero-order valence-electron chi connectivity index (χ0n) is 8.10. The van der Waals surface area contributed by atoms with Crippen LogP contribution < -0.4 is 10.5 Å². The standard InChI is InChI=1S/C9H14N2O2S/c1-13-9-4-2-3-8(11-9)7-14(12)6-5-10/h2-4H,5-7,10H2,1H3. The van der Waals surface area contributed by atoms with E-state index in [0.717, 1.165) is 5.69 Å². The van der Waals surface area contributed by atoms with Gasteiger partial charge in [0.2, 0.25) is 5.88 Å². The lowest BCUT2D eigenvalue weighted by molar-refractivity contribution is 0.397. The van der Waals surface area contributed by atoms with Crippen LogP contribution in [0.4, 0.5) is 0 Å². The molecule has 1 aromatic rings. The molecule has 0 radical (unpaired) electrons. The number of nitrogens with two attached hydrogens (primary N) is 1. The molecule has 0 spiro atoms. The molecule has 1 heterocycles. The van der Waals surface area contributed by atoms with Crippen molar-refractivity contribution in [2.24, 2.45) is 5.73 Å². The Bertz CT molecular complexity index is 317. The van der Waals surface area contributed by atoms with Crippen molar-refractivity contribution in [3.05, 3.63) is 23.9 Å². The Balaban J connectivity index is 2.62. The van der Waals surface area contributed by atoms with Gasteiger partial charge in [-0.1, -0.05) is 6.07 Å². The minimum atomic E-state index is -0.924. The van der Waals surface area contributed by atoms with Crippen LogP contribution in [0.25, 0.3) is 0 Å². The Kier molecular flexibility index (Phi) is 4.55. The van der Waals surface area contributed by atoms with Crippen LogP contribution in [0, 0.1) is 0 Å². The zero-order valence-corrected chi connectivity index (χ0v) is 8.92. The van der Waals surface area contributed by atoms with E-state index in [9.17, 15) is 4.21 Å². The molecule has 0 aliphatic carbocycles. The van der Waals surface area contributed by atoms with Crippen molar-refractivity contribution in [2.75, 3.05) is 19.4 Å². The van der Waals surface area contributed by atoms with Gasteiger partial charge in [-0.3, -0.25) is 4.21 Å². The Labute approximate surface area is 85.9 Å². The predicted octanol–water partition coefficient (Wildman–Crippen LogP) is 0.298. The fourth-order valence-corrected chi connectivity index (χ4v) is 1.92. The summed E-state index contributed by atoms with van der Waals surface area (Å²) in [5.74, 6) is 1.50. The Morgan fingerprint density at radius 2 is 2.36 bits per heavy atom. The summed E-state index contributed by atoms with van der Waals surface area (Å²) in [6.07, 6.45) is 0. The Morgan fingerprint density at radius 3 is 3.00 bits per heavy atom. The molecule has 0 bridgehead atoms. The highest BCUT2D eigenvalue weighted by Crippen LogP contribution is 2.08. The summed E-state index contributed by atoms with van der Waals surface area (Å²) in [5, 5.41) is 0. The summed E-state index contributed by atoms with van der Waals surface area (Å²) in [7, 11) is 0.634. The maximum Gasteiger partial charge on any atom is 0.213 e. The summed E-state index contributed by atoms with van der Waals surface area (Å²) in [5.41, 5.74) is 6.08. The molecule has 1 atom stereocenters. The number of methoxy groups -OCH3 is 1. The fourth-order valence-electron chi connectivity index (χ4n) is 1.02. The van der Waals surface area contributed by atoms with Crippen molar-refractivity contribution in [1.82, 2.24) is 4.98 Å². The molecule has 1 aromatic heterocycles. The van der Waals surface area contributed by atoms with E-state index in [4.69, 9.17) is 10.5 Å². The van der Waals surface area contributed by atoms with Gasteiger partial charge in [-0.15, -0.1) is 0 Å². The first kappa shape index (κ1) is 11.1. The Morgan fingerprint density at radius 1 is 1.57 bits per heavy atom. The topological polar surface area (TPSA) is 65.2 Å². The molecule has 1 unspecified atom stereocenters. The van der Waals surface area contributed by atoms with Gasteiger partial charge in [0.25, 0.3) is 0 Å². The second-order valence-corrected chi connectivity index (χ2v) is 4.32. The van der Waals surface area contributed by atoms with Crippen molar-refractivity contribution in [1.29, 1.82) is 0 Å². The molecule has 0 saturated carbocycles. The quantitative estimate of drug-likeness (QED) is 0.765. The van der Waals surface area contributed by atoms with Gasteiger partial charge in [-0.2, -0.15) is 0 Å². The van der Waals surface area contributed by atoms with Crippen molar-refractivity contribution in [2.45, 2.75) is 5.75 Å². The van der Waals surface area contributed by atoms with E-state index in [0.29, 0.717) is 23.9 Å². The lowest BCUT2D eigenvalue weighted by Gasteiger charge is -2.02. The normalized spacial score (nSPS) is 12.4. The molecule has 0 amide bonds. The molecule has 0 aliphatic rings. The number of pyridine rings is 1. The number of hydrogen-bond acceptors (Lipinski definition) is 4. The minimum absolute atomic E-state index is 0.439. The first-order chi connectivity index (χ1) is 6.76. The molecule has 0 aliphatic heterocycles. The summed E-state index contributed by atoms with van der Waals surface area (Å²) >= 11 is 0. The number of hydrogen-bond donors (Lipinski definition) is 1. The van der Waals surface area contributed by atoms with Gasteiger partial charge in [0.05, 0.1) is 18.6 Å². The third-order valence-corrected chi connectivity index (χ3v) is 2.95. The highest BCUT2D eigenvalue weighted by atomic mass is 32.2. The lowest BCUT2D eigenvalue weighted by Crippen LogP contribution is -2.12. The van der Waals surface area contributed by atoms with Crippen LogP contribution in [0.1, 0.15) is 5.69 Å². The van der Waals surface area contributed by atoms with E-state index in [-0.39, 0.29) is 0 Å². The second-order valence-electron chi connectivity index (χ2n) is 2.75. The summed E-state index contributed by atoms with van der Waals surface area (Å²) in [4.78, 5) is 4.16. The van der Waals surface area contributed by atoms with Gasteiger partial charge in [-0.25, -0.2) is 4.98 Å². The number of ether oxygens (including phenoxy) is 1. The highest BCUT2D eigenvalue weighted by molar-refractivity contribution is 7.84. The zero-order chi connectivity index (χ0) is 10.4. The molecule has 4 nitrogen and oxygen atoms in total. The van der Waals surface area contributed by atoms with Crippen molar-refractivity contribution in [3.63, 3.8) is 0 Å². The minimum Gasteiger partial charge on any atom is -0.481 e. The van der Waals surface area contributed by atoms with Gasteiger partial charge in [-0.05, 0) is 6.07 Å². The van der Waals surface area contributed by atoms with Crippen LogP contribution in [0.15, 0.2) is 18.2 Å². The van der Waals surface area contributed by atoms with Gasteiger partial charge < -0.3 is 10.5 Å². The molecule has 14 heavy (non-hydrogen) atoms. The second kappa shape index (κ2) is 5.72. The maximum atomic E-state index is 11.4. The van der Waals surface area contributed by atoms with Crippen molar-refractivity contribution < 1.29 is 8.95 Å². The predicted molar refractivity (Wildman–Crippen MR) is 56.6 cm³/mol. The van der Waals surface area contributed by atoms with E-state index in [1.165, 1.54) is 0 Å². The maximum absolute atomic E-state index is 11.4. The molecule has 0 saturated heterocycles. The molecule has 1 rings (SSSR count). The van der Waals surface area contributed by atoms with Gasteiger partial charge in [0.15, 0.2) is 0 Å². The van der Waals surface area contributed by atoms with Crippen LogP contribution >= 0.6 is 0 Å². The third-order valence-electron chi connectivity index (χ3n) is 1.64. The first-order valence-electron chi connectivity index (χ1n) is 4.31. The smallest absolute Gasteiger partial charge is 0.213 e. The van der Waals surface area contributed by atoms with Crippen LogP contribution in [-0.4, -0.2) is 28.6 Å². The van der Waals surface area contributed by atoms with Gasteiger partial charge >= 0.3 is 0 Å². The third kappa shape index (κ3) is 3.43. The molecule has 2 N–H and O–H groups in total. The van der Waals surface area contributed by atoms with Crippen molar-refractivity contribution >= 4 is 10.8 Å². The van der Waals surface area contributed by atoms with E-state index in [1.54, 1.807) is 13.2 Å². The molecular weight excluding hydrogens is 200 g/mol. The van der Waals surface area contributed by atoms with Crippen LogP contribution in [0.5, 0.6) is 5.88 Å². The van der Waals surface area contributed by atoms with E-state index in [2.05, 4.69) is 4.98 Å². The summed E-state index contributed by atoms with van der Waals surface area (Å²) in [6, 6.07) is 5.42. The van der Waals surface area contributed by atoms with E-state index >= 15 is 0 Å². The van der Waals surface area contributed by atoms with Crippen LogP contribution in [0.2, 0.25) is 0 Å². The SMILES string of the molecule is COc1cccc(CS(=O)CCN)n1. The largest absolute Gasteiger partial charge is 0.481 e. The highest BCUT2D eigenvalue weighted by Gasteiger charge is 2.02. The monoisotopic (exact) mass is 214 g/mol. The number of nitrogens with zero attached hydrogens (tertiary/aromatic N) is 1. The molecule has 78 valence electrons. The average Bonchev–Trinajstić information content (AvgIpc) is 2.18. The van der Waals surface area contributed by atoms with Crippen LogP contribution in [-0.2, 0) is 16.6 Å². The number of aromatic nitrogens is 1. The fraction of sp³-hybridized carbons (Fsp3) is 0.444. The summed E-state index contributed by atoms with van der Waals surface area (Å²) in [6.45, 7) is 0.441. The van der Waals surface area contributed by atoms with Crippen LogP contribution in [0.3, 0.4) is 0 Å². The molecular formula is C9H14N2O2S. The Hall–Kier alpha value is -0.940. The average molecular weight is 214 g/mol. The molecule has 0 fully saturated rings. The lowest BCUT2D eigenvalue weighted by atomic mass is 10.4. The first-order valence-corrected chi connectivity index (χ1v) is 5.80.